The van der Waals surface area contributed by atoms with Gasteiger partial charge in [0.15, 0.2) is 5.69 Å². The summed E-state index contributed by atoms with van der Waals surface area (Å²) < 4.78 is 14.6. The van der Waals surface area contributed by atoms with Crippen LogP contribution >= 0.6 is 0 Å². The Morgan fingerprint density at radius 3 is 2.39 bits per heavy atom. The topological polar surface area (TPSA) is 46.9 Å². The zero-order chi connectivity index (χ0) is 19.3. The first-order valence-corrected chi connectivity index (χ1v) is 8.94. The Bertz CT molecular complexity index is 1090. The molecule has 0 saturated heterocycles. The second-order valence-electron chi connectivity index (χ2n) is 6.40. The summed E-state index contributed by atoms with van der Waals surface area (Å²) in [6.45, 7) is 0. The number of hydrogen-bond acceptors (Lipinski definition) is 2. The fraction of sp³-hybridized carbons (Fsp3) is 0.0435. The molecule has 0 bridgehead atoms. The third kappa shape index (κ3) is 3.99. The Labute approximate surface area is 162 Å². The van der Waals surface area contributed by atoms with Crippen LogP contribution in [0, 0.1) is 5.82 Å². The Morgan fingerprint density at radius 1 is 0.893 bits per heavy atom. The first-order chi connectivity index (χ1) is 13.7. The highest BCUT2D eigenvalue weighted by Gasteiger charge is 2.13. The summed E-state index contributed by atoms with van der Waals surface area (Å²) in [4.78, 5) is 12.7. The number of hydrogen-bond donors (Lipinski definition) is 1. The molecule has 0 aliphatic heterocycles. The first kappa shape index (κ1) is 17.7. The summed E-state index contributed by atoms with van der Waals surface area (Å²) in [5, 5.41) is 7.25. The number of rotatable bonds is 5. The third-order valence-corrected chi connectivity index (χ3v) is 4.42. The van der Waals surface area contributed by atoms with E-state index in [1.807, 2.05) is 42.5 Å². The van der Waals surface area contributed by atoms with Crippen LogP contribution in [0.3, 0.4) is 0 Å². The van der Waals surface area contributed by atoms with Gasteiger partial charge in [-0.25, -0.2) is 9.07 Å². The van der Waals surface area contributed by atoms with E-state index in [0.29, 0.717) is 11.4 Å². The predicted octanol–water partition coefficient (Wildman–Crippen LogP) is 4.85. The molecule has 3 aromatic carbocycles. The molecule has 0 radical (unpaired) electrons. The zero-order valence-electron chi connectivity index (χ0n) is 15.0. The molecule has 5 heteroatoms. The van der Waals surface area contributed by atoms with Crippen molar-refractivity contribution in [2.75, 3.05) is 5.32 Å². The van der Waals surface area contributed by atoms with Crippen molar-refractivity contribution in [2.24, 2.45) is 0 Å². The average Bonchev–Trinajstić information content (AvgIpc) is 3.21. The van der Waals surface area contributed by atoms with Crippen molar-refractivity contribution in [1.29, 1.82) is 0 Å². The highest BCUT2D eigenvalue weighted by molar-refractivity contribution is 6.03. The SMILES string of the molecule is O=C(Nc1ccccc1Cc1ccccc1)c1ccn(-c2ccc(F)cc2)n1. The van der Waals surface area contributed by atoms with Crippen LogP contribution in [0.2, 0.25) is 0 Å². The molecule has 1 amide bonds. The van der Waals surface area contributed by atoms with Crippen molar-refractivity contribution in [3.63, 3.8) is 0 Å². The maximum absolute atomic E-state index is 13.1. The number of para-hydroxylation sites is 1. The van der Waals surface area contributed by atoms with Crippen LogP contribution < -0.4 is 5.32 Å². The van der Waals surface area contributed by atoms with E-state index in [1.165, 1.54) is 17.7 Å². The van der Waals surface area contributed by atoms with Gasteiger partial charge in [-0.05, 0) is 53.9 Å². The number of aromatic nitrogens is 2. The van der Waals surface area contributed by atoms with Gasteiger partial charge in [-0.1, -0.05) is 48.5 Å². The second kappa shape index (κ2) is 7.88. The molecule has 28 heavy (non-hydrogen) atoms. The molecule has 1 aromatic heterocycles. The molecule has 4 aromatic rings. The zero-order valence-corrected chi connectivity index (χ0v) is 15.0. The normalized spacial score (nSPS) is 10.6. The standard InChI is InChI=1S/C23H18FN3O/c24-19-10-12-20(13-11-19)27-15-14-22(26-27)23(28)25-21-9-5-4-8-18(21)16-17-6-2-1-3-7-17/h1-15H,16H2,(H,25,28). The number of amides is 1. The van der Waals surface area contributed by atoms with Gasteiger partial charge < -0.3 is 5.32 Å². The predicted molar refractivity (Wildman–Crippen MR) is 107 cm³/mol. The van der Waals surface area contributed by atoms with Crippen LogP contribution in [0.1, 0.15) is 21.6 Å². The molecule has 0 fully saturated rings. The van der Waals surface area contributed by atoms with E-state index >= 15 is 0 Å². The van der Waals surface area contributed by atoms with Gasteiger partial charge in [0.25, 0.3) is 5.91 Å². The van der Waals surface area contributed by atoms with E-state index in [4.69, 9.17) is 0 Å². The van der Waals surface area contributed by atoms with Crippen molar-refractivity contribution >= 4 is 11.6 Å². The van der Waals surface area contributed by atoms with Gasteiger partial charge in [0.1, 0.15) is 5.82 Å². The number of benzene rings is 3. The molecular weight excluding hydrogens is 353 g/mol. The monoisotopic (exact) mass is 371 g/mol. The molecular formula is C23H18FN3O. The number of nitrogens with zero attached hydrogens (tertiary/aromatic N) is 2. The van der Waals surface area contributed by atoms with Crippen LogP contribution in [0.15, 0.2) is 91.1 Å². The van der Waals surface area contributed by atoms with Gasteiger partial charge in [-0.15, -0.1) is 0 Å². The van der Waals surface area contributed by atoms with Crippen molar-refractivity contribution in [3.8, 4) is 5.69 Å². The highest BCUT2D eigenvalue weighted by atomic mass is 19.1. The number of carbonyl (C=O) groups is 1. The highest BCUT2D eigenvalue weighted by Crippen LogP contribution is 2.20. The number of anilines is 1. The van der Waals surface area contributed by atoms with Gasteiger partial charge >= 0.3 is 0 Å². The first-order valence-electron chi connectivity index (χ1n) is 8.94. The van der Waals surface area contributed by atoms with Gasteiger partial charge in [0.05, 0.1) is 5.69 Å². The molecule has 0 saturated carbocycles. The number of halogens is 1. The fourth-order valence-corrected chi connectivity index (χ4v) is 2.98. The minimum Gasteiger partial charge on any atom is -0.320 e. The fourth-order valence-electron chi connectivity index (χ4n) is 2.98. The average molecular weight is 371 g/mol. The van der Waals surface area contributed by atoms with Crippen LogP contribution in [0.4, 0.5) is 10.1 Å². The lowest BCUT2D eigenvalue weighted by Crippen LogP contribution is -2.14. The Morgan fingerprint density at radius 2 is 1.61 bits per heavy atom. The Kier molecular flexibility index (Phi) is 4.97. The van der Waals surface area contributed by atoms with Crippen LogP contribution in [-0.2, 0) is 6.42 Å². The molecule has 1 heterocycles. The molecule has 0 atom stereocenters. The summed E-state index contributed by atoms with van der Waals surface area (Å²) in [5.74, 6) is -0.606. The van der Waals surface area contributed by atoms with Crippen LogP contribution in [0.25, 0.3) is 5.69 Å². The number of nitrogens with one attached hydrogen (secondary N) is 1. The van der Waals surface area contributed by atoms with E-state index in [2.05, 4.69) is 22.5 Å². The molecule has 4 rings (SSSR count). The summed E-state index contributed by atoms with van der Waals surface area (Å²) in [7, 11) is 0. The molecule has 138 valence electrons. The van der Waals surface area contributed by atoms with Crippen LogP contribution in [0.5, 0.6) is 0 Å². The molecule has 0 unspecified atom stereocenters. The largest absolute Gasteiger partial charge is 0.320 e. The Balaban J connectivity index is 1.52. The minimum absolute atomic E-state index is 0.290. The smallest absolute Gasteiger partial charge is 0.276 e. The quantitative estimate of drug-likeness (QED) is 0.545. The van der Waals surface area contributed by atoms with E-state index in [0.717, 1.165) is 17.7 Å². The van der Waals surface area contributed by atoms with Crippen molar-refractivity contribution in [2.45, 2.75) is 6.42 Å². The molecule has 0 aliphatic rings. The lowest BCUT2D eigenvalue weighted by atomic mass is 10.0. The summed E-state index contributed by atoms with van der Waals surface area (Å²) in [5.41, 5.74) is 3.93. The minimum atomic E-state index is -0.316. The number of carbonyl (C=O) groups excluding carboxylic acids is 1. The maximum Gasteiger partial charge on any atom is 0.276 e. The van der Waals surface area contributed by atoms with Gasteiger partial charge in [-0.2, -0.15) is 5.10 Å². The van der Waals surface area contributed by atoms with E-state index < -0.39 is 0 Å². The summed E-state index contributed by atoms with van der Waals surface area (Å²) in [6.07, 6.45) is 2.40. The molecule has 1 N–H and O–H groups in total. The maximum atomic E-state index is 13.1. The second-order valence-corrected chi connectivity index (χ2v) is 6.40. The molecule has 4 nitrogen and oxygen atoms in total. The molecule has 0 aliphatic carbocycles. The molecule has 0 spiro atoms. The van der Waals surface area contributed by atoms with E-state index in [9.17, 15) is 9.18 Å². The summed E-state index contributed by atoms with van der Waals surface area (Å²) in [6, 6.07) is 25.4. The van der Waals surface area contributed by atoms with Gasteiger partial charge in [0, 0.05) is 11.9 Å². The van der Waals surface area contributed by atoms with E-state index in [-0.39, 0.29) is 11.7 Å². The van der Waals surface area contributed by atoms with Gasteiger partial charge in [0.2, 0.25) is 0 Å². The Hall–Kier alpha value is -3.73. The lowest BCUT2D eigenvalue weighted by molar-refractivity contribution is 0.102. The van der Waals surface area contributed by atoms with Crippen LogP contribution in [-0.4, -0.2) is 15.7 Å². The van der Waals surface area contributed by atoms with Crippen molar-refractivity contribution in [1.82, 2.24) is 9.78 Å². The van der Waals surface area contributed by atoms with Crippen molar-refractivity contribution < 1.29 is 9.18 Å². The van der Waals surface area contributed by atoms with Gasteiger partial charge in [-0.3, -0.25) is 4.79 Å². The lowest BCUT2D eigenvalue weighted by Gasteiger charge is -2.10. The van der Waals surface area contributed by atoms with E-state index in [1.54, 1.807) is 29.1 Å². The van der Waals surface area contributed by atoms with Crippen molar-refractivity contribution in [3.05, 3.63) is 114 Å². The third-order valence-electron chi connectivity index (χ3n) is 4.42. The summed E-state index contributed by atoms with van der Waals surface area (Å²) >= 11 is 0.